The van der Waals surface area contributed by atoms with Crippen LogP contribution in [0.3, 0.4) is 0 Å². The second-order valence-electron chi connectivity index (χ2n) is 3.33. The van der Waals surface area contributed by atoms with Crippen LogP contribution in [0.25, 0.3) is 0 Å². The molecule has 0 N–H and O–H groups in total. The molecule has 0 aliphatic heterocycles. The summed E-state index contributed by atoms with van der Waals surface area (Å²) in [4.78, 5) is 0. The average molecular weight is 200 g/mol. The summed E-state index contributed by atoms with van der Waals surface area (Å²) in [5.74, 6) is -1.42. The second-order valence-corrected chi connectivity index (χ2v) is 3.33. The first-order chi connectivity index (χ1) is 6.60. The molecule has 0 aliphatic carbocycles. The number of benzene rings is 1. The van der Waals surface area contributed by atoms with Crippen LogP contribution in [0.5, 0.6) is 5.75 Å². The second kappa shape index (κ2) is 4.40. The molecule has 1 aromatic carbocycles. The number of methoxy groups -OCH3 is 1. The fraction of sp³-hybridized carbons (Fsp3) is 0.455. The van der Waals surface area contributed by atoms with Gasteiger partial charge in [0.1, 0.15) is 0 Å². The number of hydrogen-bond acceptors (Lipinski definition) is 1. The monoisotopic (exact) mass is 200 g/mol. The SMILES string of the molecule is CCC(C)c1cc(F)c(OC)c(F)c1. The van der Waals surface area contributed by atoms with Crippen LogP contribution >= 0.6 is 0 Å². The van der Waals surface area contributed by atoms with Crippen LogP contribution in [0, 0.1) is 11.6 Å². The molecule has 0 saturated carbocycles. The van der Waals surface area contributed by atoms with Gasteiger partial charge in [-0.15, -0.1) is 0 Å². The Morgan fingerprint density at radius 1 is 1.29 bits per heavy atom. The molecular formula is C11H14F2O. The van der Waals surface area contributed by atoms with E-state index in [1.54, 1.807) is 0 Å². The van der Waals surface area contributed by atoms with E-state index >= 15 is 0 Å². The molecule has 0 aliphatic rings. The zero-order valence-corrected chi connectivity index (χ0v) is 8.60. The van der Waals surface area contributed by atoms with E-state index in [2.05, 4.69) is 4.74 Å². The van der Waals surface area contributed by atoms with Crippen molar-refractivity contribution in [2.45, 2.75) is 26.2 Å². The third kappa shape index (κ3) is 2.03. The molecule has 1 atom stereocenters. The van der Waals surface area contributed by atoms with Gasteiger partial charge in [0.05, 0.1) is 7.11 Å². The van der Waals surface area contributed by atoms with Crippen molar-refractivity contribution in [2.75, 3.05) is 7.11 Å². The number of halogens is 2. The normalized spacial score (nSPS) is 12.6. The Morgan fingerprint density at radius 2 is 1.79 bits per heavy atom. The number of hydrogen-bond donors (Lipinski definition) is 0. The zero-order valence-electron chi connectivity index (χ0n) is 8.60. The van der Waals surface area contributed by atoms with Crippen LogP contribution in [-0.2, 0) is 0 Å². The first-order valence-electron chi connectivity index (χ1n) is 4.63. The van der Waals surface area contributed by atoms with Crippen LogP contribution < -0.4 is 4.74 Å². The van der Waals surface area contributed by atoms with Gasteiger partial charge in [0, 0.05) is 0 Å². The fourth-order valence-electron chi connectivity index (χ4n) is 1.29. The predicted octanol–water partition coefficient (Wildman–Crippen LogP) is 3.49. The number of ether oxygens (including phenoxy) is 1. The van der Waals surface area contributed by atoms with Crippen molar-refractivity contribution in [3.8, 4) is 5.75 Å². The highest BCUT2D eigenvalue weighted by atomic mass is 19.1. The van der Waals surface area contributed by atoms with Crippen molar-refractivity contribution in [1.82, 2.24) is 0 Å². The van der Waals surface area contributed by atoms with E-state index in [0.717, 1.165) is 6.42 Å². The highest BCUT2D eigenvalue weighted by Gasteiger charge is 2.13. The van der Waals surface area contributed by atoms with E-state index in [-0.39, 0.29) is 11.7 Å². The lowest BCUT2D eigenvalue weighted by atomic mass is 9.98. The highest BCUT2D eigenvalue weighted by molar-refractivity contribution is 5.32. The van der Waals surface area contributed by atoms with Gasteiger partial charge in [0.15, 0.2) is 17.4 Å². The molecule has 78 valence electrons. The lowest BCUT2D eigenvalue weighted by Gasteiger charge is -2.11. The minimum absolute atomic E-state index is 0.157. The van der Waals surface area contributed by atoms with E-state index in [4.69, 9.17) is 0 Å². The van der Waals surface area contributed by atoms with Crippen molar-refractivity contribution >= 4 is 0 Å². The highest BCUT2D eigenvalue weighted by Crippen LogP contribution is 2.27. The van der Waals surface area contributed by atoms with Gasteiger partial charge in [-0.05, 0) is 30.0 Å². The molecule has 0 fully saturated rings. The van der Waals surface area contributed by atoms with Crippen LogP contribution in [0.2, 0.25) is 0 Å². The maximum atomic E-state index is 13.2. The Hall–Kier alpha value is -1.12. The Morgan fingerprint density at radius 3 is 2.14 bits per heavy atom. The van der Waals surface area contributed by atoms with Gasteiger partial charge in [0.25, 0.3) is 0 Å². The first-order valence-corrected chi connectivity index (χ1v) is 4.63. The van der Waals surface area contributed by atoms with Crippen molar-refractivity contribution in [2.24, 2.45) is 0 Å². The van der Waals surface area contributed by atoms with Crippen molar-refractivity contribution in [1.29, 1.82) is 0 Å². The van der Waals surface area contributed by atoms with Gasteiger partial charge < -0.3 is 4.74 Å². The van der Waals surface area contributed by atoms with Crippen molar-refractivity contribution < 1.29 is 13.5 Å². The molecule has 0 saturated heterocycles. The van der Waals surface area contributed by atoms with Gasteiger partial charge in [0.2, 0.25) is 0 Å². The first kappa shape index (κ1) is 11.0. The molecule has 0 amide bonds. The van der Waals surface area contributed by atoms with Crippen LogP contribution in [0.1, 0.15) is 31.7 Å². The molecule has 1 unspecified atom stereocenters. The van der Waals surface area contributed by atoms with Gasteiger partial charge in [-0.25, -0.2) is 8.78 Å². The maximum absolute atomic E-state index is 13.2. The minimum Gasteiger partial charge on any atom is -0.491 e. The zero-order chi connectivity index (χ0) is 10.7. The van der Waals surface area contributed by atoms with E-state index in [1.165, 1.54) is 19.2 Å². The van der Waals surface area contributed by atoms with Crippen LogP contribution in [0.15, 0.2) is 12.1 Å². The molecule has 1 aromatic rings. The Labute approximate surface area is 82.7 Å². The summed E-state index contributed by atoms with van der Waals surface area (Å²) >= 11 is 0. The maximum Gasteiger partial charge on any atom is 0.190 e. The van der Waals surface area contributed by atoms with Crippen molar-refractivity contribution in [3.63, 3.8) is 0 Å². The predicted molar refractivity (Wildman–Crippen MR) is 51.6 cm³/mol. The van der Waals surface area contributed by atoms with Crippen molar-refractivity contribution in [3.05, 3.63) is 29.3 Å². The lowest BCUT2D eigenvalue weighted by molar-refractivity contribution is 0.359. The third-order valence-electron chi connectivity index (χ3n) is 2.41. The van der Waals surface area contributed by atoms with E-state index in [1.807, 2.05) is 13.8 Å². The summed E-state index contributed by atoms with van der Waals surface area (Å²) < 4.78 is 31.1. The molecule has 1 rings (SSSR count). The standard InChI is InChI=1S/C11H14F2O/c1-4-7(2)8-5-9(12)11(14-3)10(13)6-8/h5-7H,4H2,1-3H3. The average Bonchev–Trinajstić information content (AvgIpc) is 2.16. The molecule has 0 radical (unpaired) electrons. The van der Waals surface area contributed by atoms with Crippen LogP contribution in [-0.4, -0.2) is 7.11 Å². The van der Waals surface area contributed by atoms with Crippen LogP contribution in [0.4, 0.5) is 8.78 Å². The van der Waals surface area contributed by atoms with Gasteiger partial charge in [-0.1, -0.05) is 13.8 Å². The van der Waals surface area contributed by atoms with E-state index in [0.29, 0.717) is 5.56 Å². The van der Waals surface area contributed by atoms with Gasteiger partial charge in [-0.3, -0.25) is 0 Å². The Bertz CT molecular complexity index is 300. The molecule has 0 heterocycles. The smallest absolute Gasteiger partial charge is 0.190 e. The Kier molecular flexibility index (Phi) is 3.44. The summed E-state index contributed by atoms with van der Waals surface area (Å²) in [5.41, 5.74) is 0.670. The lowest BCUT2D eigenvalue weighted by Crippen LogP contribution is -1.98. The summed E-state index contributed by atoms with van der Waals surface area (Å²) in [6.45, 7) is 3.91. The Balaban J connectivity index is 3.13. The molecule has 0 spiro atoms. The van der Waals surface area contributed by atoms with E-state index < -0.39 is 11.6 Å². The van der Waals surface area contributed by atoms with Gasteiger partial charge in [-0.2, -0.15) is 0 Å². The topological polar surface area (TPSA) is 9.23 Å². The van der Waals surface area contributed by atoms with E-state index in [9.17, 15) is 8.78 Å². The summed E-state index contributed by atoms with van der Waals surface area (Å²) in [5, 5.41) is 0. The molecule has 3 heteroatoms. The largest absolute Gasteiger partial charge is 0.491 e. The molecule has 14 heavy (non-hydrogen) atoms. The third-order valence-corrected chi connectivity index (χ3v) is 2.41. The molecule has 0 aromatic heterocycles. The summed E-state index contributed by atoms with van der Waals surface area (Å²) in [7, 11) is 1.25. The molecular weight excluding hydrogens is 186 g/mol. The molecule has 1 nitrogen and oxygen atoms in total. The summed E-state index contributed by atoms with van der Waals surface area (Å²) in [6, 6.07) is 2.66. The summed E-state index contributed by atoms with van der Waals surface area (Å²) in [6.07, 6.45) is 0.852. The number of rotatable bonds is 3. The molecule has 0 bridgehead atoms. The van der Waals surface area contributed by atoms with Gasteiger partial charge >= 0.3 is 0 Å². The quantitative estimate of drug-likeness (QED) is 0.725. The minimum atomic E-state index is -0.636. The fourth-order valence-corrected chi connectivity index (χ4v) is 1.29.